The molecule has 2 saturated heterocycles. The Morgan fingerprint density at radius 3 is 3.00 bits per heavy atom. The molecule has 0 bridgehead atoms. The second-order valence-corrected chi connectivity index (χ2v) is 6.46. The van der Waals surface area contributed by atoms with Gasteiger partial charge in [0.25, 0.3) is 0 Å². The third-order valence-corrected chi connectivity index (χ3v) is 4.65. The van der Waals surface area contributed by atoms with Crippen molar-refractivity contribution in [1.29, 1.82) is 0 Å². The van der Waals surface area contributed by atoms with E-state index in [1.54, 1.807) is 12.0 Å². The predicted octanol–water partition coefficient (Wildman–Crippen LogP) is 1.65. The minimum atomic E-state index is -0.330. The third-order valence-electron chi connectivity index (χ3n) is 4.65. The van der Waals surface area contributed by atoms with Crippen molar-refractivity contribution >= 4 is 17.5 Å². The van der Waals surface area contributed by atoms with Crippen molar-refractivity contribution in [1.82, 2.24) is 5.32 Å². The van der Waals surface area contributed by atoms with Gasteiger partial charge in [0.1, 0.15) is 5.75 Å². The standard InChI is InChI=1S/C18H24N2O4/c1-12-5-6-16(23-2)15(8-12)20-11-13(9-17(20)21)18(22)19-10-14-4-3-7-24-14/h5-6,8,13-14H,3-4,7,9-11H2,1-2H3,(H,19,22)/t13-,14-/m1/s1. The van der Waals surface area contributed by atoms with Gasteiger partial charge in [0.2, 0.25) is 11.8 Å². The summed E-state index contributed by atoms with van der Waals surface area (Å²) in [7, 11) is 1.58. The molecule has 2 heterocycles. The van der Waals surface area contributed by atoms with E-state index < -0.39 is 0 Å². The first-order chi connectivity index (χ1) is 11.6. The average molecular weight is 332 g/mol. The molecule has 2 fully saturated rings. The maximum atomic E-state index is 12.4. The van der Waals surface area contributed by atoms with Crippen LogP contribution in [0, 0.1) is 12.8 Å². The van der Waals surface area contributed by atoms with E-state index in [0.29, 0.717) is 18.8 Å². The van der Waals surface area contributed by atoms with Crippen molar-refractivity contribution in [3.05, 3.63) is 23.8 Å². The number of nitrogens with one attached hydrogen (secondary N) is 1. The molecule has 6 nitrogen and oxygen atoms in total. The Morgan fingerprint density at radius 2 is 2.29 bits per heavy atom. The predicted molar refractivity (Wildman–Crippen MR) is 90.2 cm³/mol. The quantitative estimate of drug-likeness (QED) is 0.890. The van der Waals surface area contributed by atoms with Gasteiger partial charge in [-0.1, -0.05) is 6.07 Å². The molecule has 2 amide bonds. The Labute approximate surface area is 142 Å². The summed E-state index contributed by atoms with van der Waals surface area (Å²) in [4.78, 5) is 26.4. The molecule has 2 aliphatic heterocycles. The SMILES string of the molecule is COc1ccc(C)cc1N1C[C@H](C(=O)NC[C@H]2CCCO2)CC1=O. The van der Waals surface area contributed by atoms with Gasteiger partial charge < -0.3 is 19.7 Å². The number of methoxy groups -OCH3 is 1. The summed E-state index contributed by atoms with van der Waals surface area (Å²) >= 11 is 0. The smallest absolute Gasteiger partial charge is 0.227 e. The molecule has 0 radical (unpaired) electrons. The fraction of sp³-hybridized carbons (Fsp3) is 0.556. The van der Waals surface area contributed by atoms with E-state index in [1.165, 1.54) is 0 Å². The van der Waals surface area contributed by atoms with Crippen molar-refractivity contribution in [2.75, 3.05) is 31.7 Å². The highest BCUT2D eigenvalue weighted by atomic mass is 16.5. The lowest BCUT2D eigenvalue weighted by atomic mass is 10.1. The molecule has 0 spiro atoms. The van der Waals surface area contributed by atoms with Crippen LogP contribution in [-0.4, -0.2) is 44.7 Å². The number of aryl methyl sites for hydroxylation is 1. The fourth-order valence-corrected chi connectivity index (χ4v) is 3.29. The average Bonchev–Trinajstić information content (AvgIpc) is 3.22. The number of ether oxygens (including phenoxy) is 2. The molecular formula is C18H24N2O4. The summed E-state index contributed by atoms with van der Waals surface area (Å²) in [5.41, 5.74) is 1.78. The van der Waals surface area contributed by atoms with E-state index in [0.717, 1.165) is 30.7 Å². The summed E-state index contributed by atoms with van der Waals surface area (Å²) in [5.74, 6) is 0.197. The summed E-state index contributed by atoms with van der Waals surface area (Å²) in [5, 5.41) is 2.93. The van der Waals surface area contributed by atoms with Crippen molar-refractivity contribution < 1.29 is 19.1 Å². The summed E-state index contributed by atoms with van der Waals surface area (Å²) < 4.78 is 10.9. The third kappa shape index (κ3) is 3.53. The molecular weight excluding hydrogens is 308 g/mol. The minimum absolute atomic E-state index is 0.0452. The highest BCUT2D eigenvalue weighted by molar-refractivity contribution is 6.01. The van der Waals surface area contributed by atoms with E-state index in [2.05, 4.69) is 5.32 Å². The Kier molecular flexibility index (Phi) is 5.04. The Balaban J connectivity index is 1.64. The molecule has 130 valence electrons. The highest BCUT2D eigenvalue weighted by Crippen LogP contribution is 2.33. The van der Waals surface area contributed by atoms with Crippen molar-refractivity contribution in [3.8, 4) is 5.75 Å². The first-order valence-corrected chi connectivity index (χ1v) is 8.43. The van der Waals surface area contributed by atoms with Crippen LogP contribution in [0.25, 0.3) is 0 Å². The monoisotopic (exact) mass is 332 g/mol. The molecule has 1 aromatic carbocycles. The van der Waals surface area contributed by atoms with Crippen LogP contribution in [0.5, 0.6) is 5.75 Å². The van der Waals surface area contributed by atoms with Gasteiger partial charge in [-0.15, -0.1) is 0 Å². The summed E-state index contributed by atoms with van der Waals surface area (Å²) in [6, 6.07) is 5.71. The number of anilines is 1. The van der Waals surface area contributed by atoms with Crippen LogP contribution in [-0.2, 0) is 14.3 Å². The first-order valence-electron chi connectivity index (χ1n) is 8.43. The number of benzene rings is 1. The van der Waals surface area contributed by atoms with Gasteiger partial charge in [0.05, 0.1) is 24.8 Å². The molecule has 2 atom stereocenters. The fourth-order valence-electron chi connectivity index (χ4n) is 3.29. The molecule has 3 rings (SSSR count). The van der Waals surface area contributed by atoms with Gasteiger partial charge in [-0.05, 0) is 37.5 Å². The van der Waals surface area contributed by atoms with E-state index in [-0.39, 0.29) is 30.3 Å². The van der Waals surface area contributed by atoms with Crippen LogP contribution in [0.4, 0.5) is 5.69 Å². The Morgan fingerprint density at radius 1 is 1.46 bits per heavy atom. The summed E-state index contributed by atoms with van der Waals surface area (Å²) in [6.07, 6.45) is 2.37. The van der Waals surface area contributed by atoms with E-state index >= 15 is 0 Å². The van der Waals surface area contributed by atoms with Gasteiger partial charge in [-0.25, -0.2) is 0 Å². The molecule has 0 aliphatic carbocycles. The zero-order chi connectivity index (χ0) is 17.1. The lowest BCUT2D eigenvalue weighted by Gasteiger charge is -2.20. The zero-order valence-electron chi connectivity index (χ0n) is 14.2. The van der Waals surface area contributed by atoms with Gasteiger partial charge in [0, 0.05) is 26.1 Å². The second-order valence-electron chi connectivity index (χ2n) is 6.46. The van der Waals surface area contributed by atoms with Gasteiger partial charge in [-0.2, -0.15) is 0 Å². The van der Waals surface area contributed by atoms with Gasteiger partial charge in [-0.3, -0.25) is 9.59 Å². The lowest BCUT2D eigenvalue weighted by Crippen LogP contribution is -2.37. The van der Waals surface area contributed by atoms with Gasteiger partial charge in [0.15, 0.2) is 0 Å². The molecule has 6 heteroatoms. The van der Waals surface area contributed by atoms with Gasteiger partial charge >= 0.3 is 0 Å². The van der Waals surface area contributed by atoms with Crippen LogP contribution < -0.4 is 15.0 Å². The van der Waals surface area contributed by atoms with Crippen molar-refractivity contribution in [3.63, 3.8) is 0 Å². The number of amides is 2. The largest absolute Gasteiger partial charge is 0.495 e. The number of carbonyl (C=O) groups is 2. The highest BCUT2D eigenvalue weighted by Gasteiger charge is 2.36. The maximum absolute atomic E-state index is 12.4. The topological polar surface area (TPSA) is 67.9 Å². The number of nitrogens with zero attached hydrogens (tertiary/aromatic N) is 1. The van der Waals surface area contributed by atoms with Crippen LogP contribution in [0.3, 0.4) is 0 Å². The number of hydrogen-bond acceptors (Lipinski definition) is 4. The first kappa shape index (κ1) is 16.8. The molecule has 0 unspecified atom stereocenters. The lowest BCUT2D eigenvalue weighted by molar-refractivity contribution is -0.126. The van der Waals surface area contributed by atoms with Crippen LogP contribution >= 0.6 is 0 Å². The number of hydrogen-bond donors (Lipinski definition) is 1. The maximum Gasteiger partial charge on any atom is 0.227 e. The van der Waals surface area contributed by atoms with Crippen molar-refractivity contribution in [2.24, 2.45) is 5.92 Å². The molecule has 1 aromatic rings. The molecule has 2 aliphatic rings. The van der Waals surface area contributed by atoms with Crippen LogP contribution in [0.1, 0.15) is 24.8 Å². The minimum Gasteiger partial charge on any atom is -0.495 e. The number of rotatable bonds is 5. The molecule has 0 saturated carbocycles. The Hall–Kier alpha value is -2.08. The molecule has 24 heavy (non-hydrogen) atoms. The van der Waals surface area contributed by atoms with Crippen molar-refractivity contribution in [2.45, 2.75) is 32.3 Å². The normalized spacial score (nSPS) is 23.6. The van der Waals surface area contributed by atoms with E-state index in [9.17, 15) is 9.59 Å². The summed E-state index contributed by atoms with van der Waals surface area (Å²) in [6.45, 7) is 3.64. The Bertz CT molecular complexity index is 625. The van der Waals surface area contributed by atoms with Crippen LogP contribution in [0.2, 0.25) is 0 Å². The van der Waals surface area contributed by atoms with E-state index in [1.807, 2.05) is 25.1 Å². The number of carbonyl (C=O) groups excluding carboxylic acids is 2. The zero-order valence-corrected chi connectivity index (χ0v) is 14.2. The van der Waals surface area contributed by atoms with Crippen LogP contribution in [0.15, 0.2) is 18.2 Å². The van der Waals surface area contributed by atoms with E-state index in [4.69, 9.17) is 9.47 Å². The second kappa shape index (κ2) is 7.21. The molecule has 0 aromatic heterocycles. The molecule has 1 N–H and O–H groups in total.